The van der Waals surface area contributed by atoms with Crippen LogP contribution in [0.4, 0.5) is 0 Å². The molecule has 0 unspecified atom stereocenters. The number of benzene rings is 3. The van der Waals surface area contributed by atoms with E-state index in [-0.39, 0.29) is 17.6 Å². The van der Waals surface area contributed by atoms with Gasteiger partial charge in [-0.15, -0.1) is 10.2 Å². The van der Waals surface area contributed by atoms with E-state index in [0.717, 1.165) is 33.4 Å². The Balaban J connectivity index is 1.22. The molecule has 1 aliphatic heterocycles. The topological polar surface area (TPSA) is 76.3 Å². The summed E-state index contributed by atoms with van der Waals surface area (Å²) in [6, 6.07) is 21.1. The summed E-state index contributed by atoms with van der Waals surface area (Å²) in [6.07, 6.45) is 1.36. The summed E-state index contributed by atoms with van der Waals surface area (Å²) in [7, 11) is 0. The standard InChI is InChI=1S/C30H29N3O3/c1-19-8-13-25(21(3)18-19)27(34)22-14-16-33(17-15-22)30(35)24-11-9-23(10-12-24)28-31-32-29(36-28)26-7-5-4-6-20(26)2/h4-13,18,22H,14-17H2,1-3H3. The van der Waals surface area contributed by atoms with Gasteiger partial charge in [0.25, 0.3) is 5.91 Å². The molecule has 1 saturated heterocycles. The molecular formula is C30H29N3O3. The SMILES string of the molecule is Cc1ccc(C(=O)C2CCN(C(=O)c3ccc(-c4nnc(-c5ccccc5C)o4)cc3)CC2)c(C)c1. The van der Waals surface area contributed by atoms with Crippen LogP contribution in [0.3, 0.4) is 0 Å². The van der Waals surface area contributed by atoms with Crippen LogP contribution in [0.25, 0.3) is 22.9 Å². The predicted octanol–water partition coefficient (Wildman–Crippen LogP) is 6.06. The van der Waals surface area contributed by atoms with Crippen LogP contribution in [0.15, 0.2) is 71.1 Å². The smallest absolute Gasteiger partial charge is 0.253 e. The Bertz CT molecular complexity index is 1410. The van der Waals surface area contributed by atoms with Gasteiger partial charge < -0.3 is 9.32 Å². The summed E-state index contributed by atoms with van der Waals surface area (Å²) in [5.41, 5.74) is 6.31. The van der Waals surface area contributed by atoms with Crippen molar-refractivity contribution >= 4 is 11.7 Å². The van der Waals surface area contributed by atoms with Crippen LogP contribution >= 0.6 is 0 Å². The molecule has 4 aromatic rings. The van der Waals surface area contributed by atoms with Crippen molar-refractivity contribution in [3.05, 3.63) is 94.5 Å². The molecule has 0 saturated carbocycles. The molecule has 3 aromatic carbocycles. The van der Waals surface area contributed by atoms with E-state index in [1.807, 2.05) is 80.3 Å². The molecule has 0 N–H and O–H groups in total. The lowest BCUT2D eigenvalue weighted by atomic mass is 9.87. The molecule has 0 aliphatic carbocycles. The normalized spacial score (nSPS) is 14.1. The summed E-state index contributed by atoms with van der Waals surface area (Å²) >= 11 is 0. The van der Waals surface area contributed by atoms with Crippen LogP contribution in [-0.4, -0.2) is 39.9 Å². The fraction of sp³-hybridized carbons (Fsp3) is 0.267. The van der Waals surface area contributed by atoms with Crippen LogP contribution in [-0.2, 0) is 0 Å². The number of aryl methyl sites for hydroxylation is 3. The highest BCUT2D eigenvalue weighted by atomic mass is 16.4. The van der Waals surface area contributed by atoms with Gasteiger partial charge in [0.05, 0.1) is 0 Å². The van der Waals surface area contributed by atoms with Gasteiger partial charge in [-0.25, -0.2) is 0 Å². The van der Waals surface area contributed by atoms with Crippen molar-refractivity contribution in [2.24, 2.45) is 5.92 Å². The minimum atomic E-state index is -0.0437. The quantitative estimate of drug-likeness (QED) is 0.325. The average molecular weight is 480 g/mol. The number of hydrogen-bond acceptors (Lipinski definition) is 5. The molecule has 1 fully saturated rings. The number of ketones is 1. The molecule has 0 spiro atoms. The molecule has 1 amide bonds. The van der Waals surface area contributed by atoms with Crippen molar-refractivity contribution in [1.82, 2.24) is 15.1 Å². The van der Waals surface area contributed by atoms with Gasteiger partial charge in [0.2, 0.25) is 11.8 Å². The van der Waals surface area contributed by atoms with Gasteiger partial charge in [-0.1, -0.05) is 42.0 Å². The van der Waals surface area contributed by atoms with E-state index in [1.54, 1.807) is 12.1 Å². The van der Waals surface area contributed by atoms with E-state index in [0.29, 0.717) is 43.3 Å². The number of aromatic nitrogens is 2. The second kappa shape index (κ2) is 9.90. The number of carbonyl (C=O) groups excluding carboxylic acids is 2. The monoisotopic (exact) mass is 479 g/mol. The maximum atomic E-state index is 13.1. The first kappa shape index (κ1) is 23.7. The second-order valence-electron chi connectivity index (χ2n) is 9.55. The lowest BCUT2D eigenvalue weighted by Crippen LogP contribution is -2.40. The maximum Gasteiger partial charge on any atom is 0.253 e. The van der Waals surface area contributed by atoms with E-state index < -0.39 is 0 Å². The van der Waals surface area contributed by atoms with E-state index in [4.69, 9.17) is 4.42 Å². The minimum Gasteiger partial charge on any atom is -0.416 e. The number of hydrogen-bond donors (Lipinski definition) is 0. The van der Waals surface area contributed by atoms with Gasteiger partial charge in [0, 0.05) is 41.3 Å². The zero-order valence-electron chi connectivity index (χ0n) is 20.8. The molecule has 0 atom stereocenters. The fourth-order valence-electron chi connectivity index (χ4n) is 4.85. The summed E-state index contributed by atoms with van der Waals surface area (Å²) in [5.74, 6) is 1.01. The highest BCUT2D eigenvalue weighted by Gasteiger charge is 2.29. The molecule has 182 valence electrons. The van der Waals surface area contributed by atoms with Gasteiger partial charge in [0.1, 0.15) is 0 Å². The number of nitrogens with zero attached hydrogens (tertiary/aromatic N) is 3. The molecule has 1 aromatic heterocycles. The molecule has 36 heavy (non-hydrogen) atoms. The van der Waals surface area contributed by atoms with Crippen LogP contribution in [0.2, 0.25) is 0 Å². The van der Waals surface area contributed by atoms with Crippen molar-refractivity contribution in [3.63, 3.8) is 0 Å². The zero-order chi connectivity index (χ0) is 25.2. The molecule has 5 rings (SSSR count). The Kier molecular flexibility index (Phi) is 6.51. The van der Waals surface area contributed by atoms with Gasteiger partial charge in [0.15, 0.2) is 5.78 Å². The van der Waals surface area contributed by atoms with Gasteiger partial charge >= 0.3 is 0 Å². The third-order valence-corrected chi connectivity index (χ3v) is 6.98. The number of rotatable bonds is 5. The lowest BCUT2D eigenvalue weighted by Gasteiger charge is -2.31. The summed E-state index contributed by atoms with van der Waals surface area (Å²) in [4.78, 5) is 28.0. The summed E-state index contributed by atoms with van der Waals surface area (Å²) in [5, 5.41) is 8.37. The Hall–Kier alpha value is -4.06. The summed E-state index contributed by atoms with van der Waals surface area (Å²) in [6.45, 7) is 7.17. The first-order valence-electron chi connectivity index (χ1n) is 12.3. The van der Waals surface area contributed by atoms with Gasteiger partial charge in [-0.3, -0.25) is 9.59 Å². The molecule has 0 radical (unpaired) electrons. The number of amides is 1. The largest absolute Gasteiger partial charge is 0.416 e. The molecular weight excluding hydrogens is 450 g/mol. The Morgan fingerprint density at radius 3 is 2.22 bits per heavy atom. The van der Waals surface area contributed by atoms with Crippen molar-refractivity contribution in [2.45, 2.75) is 33.6 Å². The van der Waals surface area contributed by atoms with E-state index >= 15 is 0 Å². The molecule has 0 bridgehead atoms. The van der Waals surface area contributed by atoms with Crippen LogP contribution in [0, 0.1) is 26.7 Å². The fourth-order valence-corrected chi connectivity index (χ4v) is 4.85. The molecule has 1 aliphatic rings. The summed E-state index contributed by atoms with van der Waals surface area (Å²) < 4.78 is 5.89. The first-order chi connectivity index (χ1) is 17.4. The highest BCUT2D eigenvalue weighted by Crippen LogP contribution is 2.28. The van der Waals surface area contributed by atoms with Gasteiger partial charge in [-0.05, 0) is 75.1 Å². The number of piperidine rings is 1. The third-order valence-electron chi connectivity index (χ3n) is 6.98. The number of carbonyl (C=O) groups is 2. The van der Waals surface area contributed by atoms with Gasteiger partial charge in [-0.2, -0.15) is 0 Å². The Morgan fingerprint density at radius 1 is 0.833 bits per heavy atom. The van der Waals surface area contributed by atoms with Crippen LogP contribution in [0.5, 0.6) is 0 Å². The molecule has 6 nitrogen and oxygen atoms in total. The maximum absolute atomic E-state index is 13.1. The highest BCUT2D eigenvalue weighted by molar-refractivity contribution is 5.99. The molecule has 2 heterocycles. The van der Waals surface area contributed by atoms with E-state index in [2.05, 4.69) is 10.2 Å². The number of Topliss-reactive ketones (excluding diaryl/α,β-unsaturated/α-hetero) is 1. The molecule has 6 heteroatoms. The van der Waals surface area contributed by atoms with Crippen molar-refractivity contribution in [1.29, 1.82) is 0 Å². The third kappa shape index (κ3) is 4.71. The van der Waals surface area contributed by atoms with Crippen molar-refractivity contribution in [3.8, 4) is 22.9 Å². The average Bonchev–Trinajstić information content (AvgIpc) is 3.38. The first-order valence-corrected chi connectivity index (χ1v) is 12.3. The van der Waals surface area contributed by atoms with E-state index in [1.165, 1.54) is 0 Å². The van der Waals surface area contributed by atoms with Crippen molar-refractivity contribution < 1.29 is 14.0 Å². The van der Waals surface area contributed by atoms with E-state index in [9.17, 15) is 9.59 Å². The second-order valence-corrected chi connectivity index (χ2v) is 9.55. The van der Waals surface area contributed by atoms with Crippen LogP contribution < -0.4 is 0 Å². The van der Waals surface area contributed by atoms with Crippen molar-refractivity contribution in [2.75, 3.05) is 13.1 Å². The number of likely N-dealkylation sites (tertiary alicyclic amines) is 1. The lowest BCUT2D eigenvalue weighted by molar-refractivity contribution is 0.0650. The zero-order valence-corrected chi connectivity index (χ0v) is 20.8. The predicted molar refractivity (Wildman–Crippen MR) is 139 cm³/mol. The van der Waals surface area contributed by atoms with Crippen LogP contribution in [0.1, 0.15) is 50.2 Å². The Labute approximate surface area is 211 Å². The minimum absolute atomic E-state index is 0.0231. The Morgan fingerprint density at radius 2 is 1.53 bits per heavy atom.